The monoisotopic (exact) mass is 250 g/mol. The number of methoxy groups -OCH3 is 1. The topological polar surface area (TPSA) is 47.3 Å². The van der Waals surface area contributed by atoms with Gasteiger partial charge in [-0.1, -0.05) is 19.1 Å². The SMILES string of the molecule is CNC(CC(C)CN)c1cc(C)c(OC)c(C)c1. The van der Waals surface area contributed by atoms with E-state index in [0.717, 1.165) is 18.7 Å². The van der Waals surface area contributed by atoms with Gasteiger partial charge in [-0.05, 0) is 56.5 Å². The molecule has 0 aromatic heterocycles. The standard InChI is InChI=1S/C15H26N2O/c1-10(9-16)6-14(17-4)13-7-11(2)15(18-5)12(3)8-13/h7-8,10,14,17H,6,9,16H2,1-5H3. The van der Waals surface area contributed by atoms with Crippen LogP contribution in [0.2, 0.25) is 0 Å². The molecule has 3 nitrogen and oxygen atoms in total. The molecule has 2 atom stereocenters. The fourth-order valence-electron chi connectivity index (χ4n) is 2.43. The van der Waals surface area contributed by atoms with Crippen LogP contribution < -0.4 is 15.8 Å². The first-order valence-corrected chi connectivity index (χ1v) is 6.55. The molecular formula is C15H26N2O. The summed E-state index contributed by atoms with van der Waals surface area (Å²) in [6, 6.07) is 4.76. The van der Waals surface area contributed by atoms with Crippen LogP contribution in [0.15, 0.2) is 12.1 Å². The molecule has 1 rings (SSSR count). The summed E-state index contributed by atoms with van der Waals surface area (Å²) in [6.07, 6.45) is 1.05. The lowest BCUT2D eigenvalue weighted by Crippen LogP contribution is -2.22. The third-order valence-corrected chi connectivity index (χ3v) is 3.48. The largest absolute Gasteiger partial charge is 0.496 e. The Balaban J connectivity index is 3.00. The van der Waals surface area contributed by atoms with E-state index < -0.39 is 0 Å². The average Bonchev–Trinajstić information content (AvgIpc) is 2.35. The van der Waals surface area contributed by atoms with E-state index in [2.05, 4.69) is 38.2 Å². The van der Waals surface area contributed by atoms with Gasteiger partial charge in [-0.15, -0.1) is 0 Å². The minimum atomic E-state index is 0.354. The van der Waals surface area contributed by atoms with Crippen LogP contribution in [-0.2, 0) is 0 Å². The number of rotatable bonds is 6. The van der Waals surface area contributed by atoms with Crippen LogP contribution >= 0.6 is 0 Å². The summed E-state index contributed by atoms with van der Waals surface area (Å²) in [5.74, 6) is 1.51. The summed E-state index contributed by atoms with van der Waals surface area (Å²) in [6.45, 7) is 7.10. The van der Waals surface area contributed by atoms with E-state index in [1.807, 2.05) is 7.05 Å². The zero-order chi connectivity index (χ0) is 13.7. The van der Waals surface area contributed by atoms with Gasteiger partial charge in [-0.2, -0.15) is 0 Å². The van der Waals surface area contributed by atoms with E-state index in [4.69, 9.17) is 10.5 Å². The molecule has 0 fully saturated rings. The zero-order valence-corrected chi connectivity index (χ0v) is 12.2. The van der Waals surface area contributed by atoms with Crippen LogP contribution in [0.3, 0.4) is 0 Å². The Bertz CT molecular complexity index is 367. The summed E-state index contributed by atoms with van der Waals surface area (Å²) in [5.41, 5.74) is 9.40. The minimum absolute atomic E-state index is 0.354. The summed E-state index contributed by atoms with van der Waals surface area (Å²) in [4.78, 5) is 0. The fourth-order valence-corrected chi connectivity index (χ4v) is 2.43. The van der Waals surface area contributed by atoms with E-state index in [1.54, 1.807) is 7.11 Å². The van der Waals surface area contributed by atoms with E-state index in [0.29, 0.717) is 12.0 Å². The molecule has 102 valence electrons. The van der Waals surface area contributed by atoms with E-state index in [1.165, 1.54) is 16.7 Å². The molecule has 0 heterocycles. The Morgan fingerprint density at radius 3 is 2.22 bits per heavy atom. The molecule has 0 radical (unpaired) electrons. The molecule has 3 N–H and O–H groups in total. The Hall–Kier alpha value is -1.06. The molecule has 0 bridgehead atoms. The summed E-state index contributed by atoms with van der Waals surface area (Å²) in [5, 5.41) is 3.38. The zero-order valence-electron chi connectivity index (χ0n) is 12.2. The van der Waals surface area contributed by atoms with Crippen molar-refractivity contribution in [3.05, 3.63) is 28.8 Å². The van der Waals surface area contributed by atoms with Crippen molar-refractivity contribution in [2.75, 3.05) is 20.7 Å². The van der Waals surface area contributed by atoms with Gasteiger partial charge in [0.25, 0.3) is 0 Å². The van der Waals surface area contributed by atoms with Crippen molar-refractivity contribution in [3.8, 4) is 5.75 Å². The van der Waals surface area contributed by atoms with E-state index in [9.17, 15) is 0 Å². The average molecular weight is 250 g/mol. The van der Waals surface area contributed by atoms with Gasteiger partial charge in [0, 0.05) is 6.04 Å². The van der Waals surface area contributed by atoms with Crippen LogP contribution in [0.1, 0.15) is 36.1 Å². The second kappa shape index (κ2) is 6.76. The molecule has 0 saturated carbocycles. The number of nitrogens with two attached hydrogens (primary N) is 1. The van der Waals surface area contributed by atoms with Crippen LogP contribution in [0, 0.1) is 19.8 Å². The molecule has 0 amide bonds. The van der Waals surface area contributed by atoms with E-state index >= 15 is 0 Å². The number of ether oxygens (including phenoxy) is 1. The lowest BCUT2D eigenvalue weighted by Gasteiger charge is -2.22. The highest BCUT2D eigenvalue weighted by molar-refractivity contribution is 5.44. The summed E-state index contributed by atoms with van der Waals surface area (Å²) in [7, 11) is 3.73. The fraction of sp³-hybridized carbons (Fsp3) is 0.600. The predicted octanol–water partition coefficient (Wildman–Crippen LogP) is 2.56. The first kappa shape index (κ1) is 15.0. The molecule has 0 aliphatic heterocycles. The van der Waals surface area contributed by atoms with Crippen LogP contribution in [0.5, 0.6) is 5.75 Å². The first-order valence-electron chi connectivity index (χ1n) is 6.55. The maximum atomic E-state index is 5.71. The van der Waals surface area contributed by atoms with Gasteiger partial charge in [0.05, 0.1) is 7.11 Å². The Morgan fingerprint density at radius 2 is 1.83 bits per heavy atom. The number of nitrogens with one attached hydrogen (secondary N) is 1. The molecule has 1 aromatic rings. The first-order chi connectivity index (χ1) is 8.53. The third kappa shape index (κ3) is 3.47. The van der Waals surface area contributed by atoms with Crippen LogP contribution in [0.4, 0.5) is 0 Å². The maximum Gasteiger partial charge on any atom is 0.124 e. The molecule has 3 heteroatoms. The normalized spacial score (nSPS) is 14.3. The highest BCUT2D eigenvalue weighted by Gasteiger charge is 2.15. The van der Waals surface area contributed by atoms with Gasteiger partial charge in [0.1, 0.15) is 5.75 Å². The smallest absolute Gasteiger partial charge is 0.124 e. The van der Waals surface area contributed by atoms with Crippen LogP contribution in [0.25, 0.3) is 0 Å². The third-order valence-electron chi connectivity index (χ3n) is 3.48. The van der Waals surface area contributed by atoms with Crippen molar-refractivity contribution < 1.29 is 4.74 Å². The van der Waals surface area contributed by atoms with Gasteiger partial charge in [0.15, 0.2) is 0 Å². The number of aryl methyl sites for hydroxylation is 2. The molecule has 0 spiro atoms. The molecule has 0 aliphatic rings. The van der Waals surface area contributed by atoms with Crippen molar-refractivity contribution in [1.29, 1.82) is 0 Å². The molecule has 1 aromatic carbocycles. The highest BCUT2D eigenvalue weighted by Crippen LogP contribution is 2.29. The van der Waals surface area contributed by atoms with Gasteiger partial charge >= 0.3 is 0 Å². The molecular weight excluding hydrogens is 224 g/mol. The second-order valence-corrected chi connectivity index (χ2v) is 5.11. The van der Waals surface area contributed by atoms with Crippen molar-refractivity contribution in [2.24, 2.45) is 11.7 Å². The summed E-state index contributed by atoms with van der Waals surface area (Å²) >= 11 is 0. The predicted molar refractivity (Wildman–Crippen MR) is 77.1 cm³/mol. The van der Waals surface area contributed by atoms with Crippen molar-refractivity contribution in [1.82, 2.24) is 5.32 Å². The van der Waals surface area contributed by atoms with Gasteiger partial charge in [0.2, 0.25) is 0 Å². The van der Waals surface area contributed by atoms with Gasteiger partial charge in [-0.3, -0.25) is 0 Å². The lowest BCUT2D eigenvalue weighted by atomic mass is 9.93. The molecule has 18 heavy (non-hydrogen) atoms. The van der Waals surface area contributed by atoms with Crippen molar-refractivity contribution in [2.45, 2.75) is 33.2 Å². The van der Waals surface area contributed by atoms with E-state index in [-0.39, 0.29) is 0 Å². The van der Waals surface area contributed by atoms with Crippen molar-refractivity contribution in [3.63, 3.8) is 0 Å². The quantitative estimate of drug-likeness (QED) is 0.815. The highest BCUT2D eigenvalue weighted by atomic mass is 16.5. The number of hydrogen-bond donors (Lipinski definition) is 2. The summed E-state index contributed by atoms with van der Waals surface area (Å²) < 4.78 is 5.41. The Labute approximate surface area is 111 Å². The molecule has 0 aliphatic carbocycles. The maximum absolute atomic E-state index is 5.71. The van der Waals surface area contributed by atoms with Crippen molar-refractivity contribution >= 4 is 0 Å². The van der Waals surface area contributed by atoms with Gasteiger partial charge < -0.3 is 15.8 Å². The second-order valence-electron chi connectivity index (χ2n) is 5.11. The Morgan fingerprint density at radius 1 is 1.28 bits per heavy atom. The number of hydrogen-bond acceptors (Lipinski definition) is 3. The Kier molecular flexibility index (Phi) is 5.63. The molecule has 0 saturated heterocycles. The number of benzene rings is 1. The van der Waals surface area contributed by atoms with Crippen LogP contribution in [-0.4, -0.2) is 20.7 Å². The van der Waals surface area contributed by atoms with Gasteiger partial charge in [-0.25, -0.2) is 0 Å². The molecule has 2 unspecified atom stereocenters. The lowest BCUT2D eigenvalue weighted by molar-refractivity contribution is 0.406. The minimum Gasteiger partial charge on any atom is -0.496 e.